The second-order valence-corrected chi connectivity index (χ2v) is 7.68. The number of nitrogens with zero attached hydrogens (tertiary/aromatic N) is 1. The second kappa shape index (κ2) is 6.96. The molecule has 26 heavy (non-hydrogen) atoms. The molecule has 1 aromatic heterocycles. The average Bonchev–Trinajstić information content (AvgIpc) is 2.57. The van der Waals surface area contributed by atoms with Crippen LogP contribution in [0.25, 0.3) is 10.8 Å². The first-order valence-electron chi connectivity index (χ1n) is 8.12. The van der Waals surface area contributed by atoms with E-state index in [-0.39, 0.29) is 11.4 Å². The Morgan fingerprint density at radius 1 is 1.08 bits per heavy atom. The fourth-order valence-electron chi connectivity index (χ4n) is 2.49. The van der Waals surface area contributed by atoms with Gasteiger partial charge in [0.15, 0.2) is 11.4 Å². The maximum Gasteiger partial charge on any atom is 0.274 e. The van der Waals surface area contributed by atoms with Gasteiger partial charge in [-0.15, -0.1) is 0 Å². The third-order valence-corrected chi connectivity index (χ3v) is 4.19. The molecule has 0 aliphatic carbocycles. The Morgan fingerprint density at radius 2 is 1.77 bits per heavy atom. The number of benzene rings is 2. The van der Waals surface area contributed by atoms with Crippen LogP contribution in [0.2, 0.25) is 0 Å². The first-order valence-corrected chi connectivity index (χ1v) is 8.91. The Labute approximate surface area is 160 Å². The van der Waals surface area contributed by atoms with Gasteiger partial charge in [0.05, 0.1) is 0 Å². The van der Waals surface area contributed by atoms with Crippen molar-refractivity contribution in [3.05, 3.63) is 58.8 Å². The summed E-state index contributed by atoms with van der Waals surface area (Å²) in [4.78, 5) is 16.6. The molecule has 0 saturated heterocycles. The van der Waals surface area contributed by atoms with Crippen LogP contribution >= 0.6 is 15.9 Å². The number of carbonyl (C=O) groups is 1. The third-order valence-electron chi connectivity index (χ3n) is 3.59. The van der Waals surface area contributed by atoms with E-state index in [9.17, 15) is 9.90 Å². The molecule has 134 valence electrons. The van der Waals surface area contributed by atoms with Crippen LogP contribution in [-0.2, 0) is 0 Å². The summed E-state index contributed by atoms with van der Waals surface area (Å²) in [5.74, 6) is 0.734. The zero-order chi connectivity index (χ0) is 18.9. The van der Waals surface area contributed by atoms with Crippen LogP contribution in [0.1, 0.15) is 31.3 Å². The Balaban J connectivity index is 2.00. The number of carbonyl (C=O) groups excluding carboxylic acids is 1. The first kappa shape index (κ1) is 18.2. The van der Waals surface area contributed by atoms with Crippen LogP contribution in [0.15, 0.2) is 53.1 Å². The monoisotopic (exact) mass is 414 g/mol. The van der Waals surface area contributed by atoms with Crippen LogP contribution in [0, 0.1) is 0 Å². The maximum atomic E-state index is 12.4. The van der Waals surface area contributed by atoms with E-state index in [1.807, 2.05) is 51.1 Å². The number of halogens is 1. The van der Waals surface area contributed by atoms with E-state index in [2.05, 4.69) is 26.2 Å². The van der Waals surface area contributed by atoms with Crippen LogP contribution in [0.5, 0.6) is 17.2 Å². The molecule has 0 unspecified atom stereocenters. The summed E-state index contributed by atoms with van der Waals surface area (Å²) in [5, 5.41) is 14.5. The Morgan fingerprint density at radius 3 is 2.42 bits per heavy atom. The van der Waals surface area contributed by atoms with Gasteiger partial charge in [0.25, 0.3) is 5.91 Å². The van der Waals surface area contributed by atoms with Crippen LogP contribution in [0.4, 0.5) is 0 Å². The normalized spacial score (nSPS) is 11.4. The number of rotatable bonds is 3. The van der Waals surface area contributed by atoms with Gasteiger partial charge in [0.1, 0.15) is 16.1 Å². The van der Waals surface area contributed by atoms with E-state index in [4.69, 9.17) is 4.74 Å². The molecule has 0 spiro atoms. The fourth-order valence-corrected chi connectivity index (χ4v) is 2.99. The Bertz CT molecular complexity index is 966. The third kappa shape index (κ3) is 3.96. The van der Waals surface area contributed by atoms with Crippen molar-refractivity contribution >= 4 is 32.6 Å². The van der Waals surface area contributed by atoms with Gasteiger partial charge in [-0.1, -0.05) is 18.2 Å². The van der Waals surface area contributed by atoms with E-state index >= 15 is 0 Å². The van der Waals surface area contributed by atoms with Crippen LogP contribution in [0.3, 0.4) is 0 Å². The molecular weight excluding hydrogens is 396 g/mol. The van der Waals surface area contributed by atoms with Gasteiger partial charge < -0.3 is 15.2 Å². The minimum Gasteiger partial charge on any atom is -0.505 e. The van der Waals surface area contributed by atoms with E-state index in [0.717, 1.165) is 0 Å². The summed E-state index contributed by atoms with van der Waals surface area (Å²) in [6.07, 6.45) is 0. The molecule has 1 heterocycles. The molecule has 0 aliphatic heterocycles. The lowest BCUT2D eigenvalue weighted by molar-refractivity contribution is 0.0911. The number of pyridine rings is 1. The molecule has 1 amide bonds. The van der Waals surface area contributed by atoms with E-state index in [1.54, 1.807) is 18.2 Å². The van der Waals surface area contributed by atoms with Crippen molar-refractivity contribution in [2.45, 2.75) is 26.3 Å². The van der Waals surface area contributed by atoms with Crippen LogP contribution in [-0.4, -0.2) is 21.5 Å². The highest BCUT2D eigenvalue weighted by molar-refractivity contribution is 9.10. The minimum atomic E-state index is -0.431. The number of fused-ring (bicyclic) bond motifs is 1. The predicted molar refractivity (Wildman–Crippen MR) is 105 cm³/mol. The summed E-state index contributed by atoms with van der Waals surface area (Å²) < 4.78 is 6.28. The fraction of sp³-hybridized carbons (Fsp3) is 0.200. The van der Waals surface area contributed by atoms with Crippen molar-refractivity contribution in [1.29, 1.82) is 0 Å². The zero-order valence-corrected chi connectivity index (χ0v) is 16.3. The maximum absolute atomic E-state index is 12.4. The van der Waals surface area contributed by atoms with Gasteiger partial charge in [-0.2, -0.15) is 0 Å². The molecule has 5 nitrogen and oxygen atoms in total. The molecule has 0 fully saturated rings. The van der Waals surface area contributed by atoms with Gasteiger partial charge in [-0.05, 0) is 67.0 Å². The SMILES string of the molecule is CC(C)(C)NC(=O)c1nc(Br)c2cc(Oc3ccccc3)ccc2c1O. The molecule has 0 bridgehead atoms. The molecule has 2 aromatic carbocycles. The molecule has 0 atom stereocenters. The summed E-state index contributed by atoms with van der Waals surface area (Å²) >= 11 is 3.39. The number of aromatic hydroxyl groups is 1. The Hall–Kier alpha value is -2.60. The highest BCUT2D eigenvalue weighted by Gasteiger charge is 2.22. The van der Waals surface area contributed by atoms with Crippen molar-refractivity contribution in [2.24, 2.45) is 0 Å². The largest absolute Gasteiger partial charge is 0.505 e. The summed E-state index contributed by atoms with van der Waals surface area (Å²) in [6.45, 7) is 5.60. The van der Waals surface area contributed by atoms with Gasteiger partial charge in [0, 0.05) is 16.3 Å². The zero-order valence-electron chi connectivity index (χ0n) is 14.7. The minimum absolute atomic E-state index is 0.0176. The smallest absolute Gasteiger partial charge is 0.274 e. The van der Waals surface area contributed by atoms with Gasteiger partial charge in [0.2, 0.25) is 0 Å². The molecule has 3 aromatic rings. The summed E-state index contributed by atoms with van der Waals surface area (Å²) in [5.41, 5.74) is -0.448. The lowest BCUT2D eigenvalue weighted by Crippen LogP contribution is -2.41. The second-order valence-electron chi connectivity index (χ2n) is 6.93. The lowest BCUT2D eigenvalue weighted by atomic mass is 10.1. The van der Waals surface area contributed by atoms with E-state index < -0.39 is 11.4 Å². The number of hydrogen-bond acceptors (Lipinski definition) is 4. The number of ether oxygens (including phenoxy) is 1. The van der Waals surface area contributed by atoms with Crippen molar-refractivity contribution in [1.82, 2.24) is 10.3 Å². The van der Waals surface area contributed by atoms with Crippen molar-refractivity contribution in [2.75, 3.05) is 0 Å². The molecule has 6 heteroatoms. The summed E-state index contributed by atoms with van der Waals surface area (Å²) in [7, 11) is 0. The number of nitrogens with one attached hydrogen (secondary N) is 1. The average molecular weight is 415 g/mol. The van der Waals surface area contributed by atoms with Gasteiger partial charge >= 0.3 is 0 Å². The number of hydrogen-bond donors (Lipinski definition) is 2. The van der Waals surface area contributed by atoms with E-state index in [0.29, 0.717) is 26.9 Å². The van der Waals surface area contributed by atoms with Crippen molar-refractivity contribution < 1.29 is 14.6 Å². The van der Waals surface area contributed by atoms with Crippen LogP contribution < -0.4 is 10.1 Å². The highest BCUT2D eigenvalue weighted by Crippen LogP contribution is 2.35. The molecule has 2 N–H and O–H groups in total. The highest BCUT2D eigenvalue weighted by atomic mass is 79.9. The first-order chi connectivity index (χ1) is 12.2. The van der Waals surface area contributed by atoms with Crippen molar-refractivity contribution in [3.63, 3.8) is 0 Å². The molecule has 0 aliphatic rings. The predicted octanol–water partition coefficient (Wildman–Crippen LogP) is 5.02. The molecule has 0 saturated carbocycles. The van der Waals surface area contributed by atoms with Gasteiger partial charge in [-0.3, -0.25) is 4.79 Å². The molecular formula is C20H19BrN2O3. The standard InChI is InChI=1S/C20H19BrN2O3/c1-20(2,3)23-19(25)16-17(24)14-10-9-13(11-15(14)18(21)22-16)26-12-7-5-4-6-8-12/h4-11,24H,1-3H3,(H,23,25). The topological polar surface area (TPSA) is 71.5 Å². The number of aromatic nitrogens is 1. The number of para-hydroxylation sites is 1. The van der Waals surface area contributed by atoms with Crippen molar-refractivity contribution in [3.8, 4) is 17.2 Å². The summed E-state index contributed by atoms with van der Waals surface area (Å²) in [6, 6.07) is 14.6. The lowest BCUT2D eigenvalue weighted by Gasteiger charge is -2.20. The Kier molecular flexibility index (Phi) is 4.87. The van der Waals surface area contributed by atoms with Gasteiger partial charge in [-0.25, -0.2) is 4.98 Å². The molecule has 0 radical (unpaired) electrons. The molecule has 3 rings (SSSR count). The number of amides is 1. The quantitative estimate of drug-likeness (QED) is 0.589. The van der Waals surface area contributed by atoms with E-state index in [1.165, 1.54) is 0 Å².